The zero-order valence-corrected chi connectivity index (χ0v) is 47.3. The molecule has 0 amide bonds. The van der Waals surface area contributed by atoms with Crippen LogP contribution >= 0.6 is 0 Å². The van der Waals surface area contributed by atoms with E-state index in [0.717, 1.165) is 0 Å². The molecule has 0 aliphatic carbocycles. The number of benzene rings is 1. The van der Waals surface area contributed by atoms with Gasteiger partial charge in [-0.05, 0) is 40.3 Å². The Labute approximate surface area is 321 Å². The minimum absolute atomic E-state index is 0.375. The van der Waals surface area contributed by atoms with Gasteiger partial charge < -0.3 is 0 Å². The van der Waals surface area contributed by atoms with Crippen molar-refractivity contribution in [2.45, 2.75) is 233 Å². The van der Waals surface area contributed by atoms with E-state index in [2.05, 4.69) is 227 Å². The molecule has 2 saturated heterocycles. The van der Waals surface area contributed by atoms with Gasteiger partial charge in [0.15, 0.2) is 0 Å². The molecule has 4 aliphatic heterocycles. The fraction of sp³-hybridized carbons (Fsp3) is 0.857. The molecule has 4 aliphatic rings. The summed E-state index contributed by atoms with van der Waals surface area (Å²) in [5.41, 5.74) is 0. The highest BCUT2D eigenvalue weighted by atomic mass is 31.0. The minimum Gasteiger partial charge on any atom is -0.0709 e. The molecule has 0 atom stereocenters. The van der Waals surface area contributed by atoms with E-state index in [1.165, 1.54) is 0 Å². The second kappa shape index (κ2) is 10.5. The summed E-state index contributed by atoms with van der Waals surface area (Å²) in [6.07, 6.45) is -3.88. The van der Waals surface area contributed by atoms with E-state index in [1.54, 1.807) is 0 Å². The van der Waals surface area contributed by atoms with Crippen molar-refractivity contribution in [3.63, 3.8) is 0 Å². The molecule has 0 nitrogen and oxygen atoms in total. The fourth-order valence-electron chi connectivity index (χ4n) is 16.9. The van der Waals surface area contributed by atoms with Gasteiger partial charge in [-0.25, -0.2) is 0 Å². The standard InChI is InChI=1S/C42H88Si8/c1-35(2,3)43(25,36(4,5)6)47-33-31-29-30-32-34(33)48(44(26,37(7,8)9)38(10,11)12)49(47,45(27,39(13,14)15)40(16,17)18)50(47,48)46(28,41(19,20)21)42(22,23)24/h29-32H,1-28H3. The smallest absolute Gasteiger partial charge is 0.0561 e. The Kier molecular flexibility index (Phi) is 9.14. The maximum atomic E-state index is 3.19. The molecule has 0 unspecified atom stereocenters. The molecule has 0 spiro atoms. The van der Waals surface area contributed by atoms with E-state index in [9.17, 15) is 0 Å². The third kappa shape index (κ3) is 3.76. The summed E-state index contributed by atoms with van der Waals surface area (Å²) in [4.78, 5) is 0. The minimum atomic E-state index is -2.03. The molecular formula is C42H88Si8. The largest absolute Gasteiger partial charge is 0.0709 e. The van der Waals surface area contributed by atoms with Gasteiger partial charge in [0, 0.05) is 27.5 Å². The average molecular weight is 818 g/mol. The molecule has 5 rings (SSSR count). The van der Waals surface area contributed by atoms with E-state index in [1.807, 2.05) is 0 Å². The highest BCUT2D eigenvalue weighted by Gasteiger charge is 3.28. The van der Waals surface area contributed by atoms with Crippen LogP contribution in [0.25, 0.3) is 0 Å². The average Bonchev–Trinajstić information content (AvgIpc) is 3.56. The van der Waals surface area contributed by atoms with Crippen LogP contribution in [0.3, 0.4) is 0 Å². The van der Waals surface area contributed by atoms with Crippen molar-refractivity contribution >= 4 is 66.3 Å². The zero-order valence-electron chi connectivity index (χ0n) is 39.3. The van der Waals surface area contributed by atoms with Crippen LogP contribution in [0.15, 0.2) is 24.3 Å². The lowest BCUT2D eigenvalue weighted by Gasteiger charge is -2.69. The van der Waals surface area contributed by atoms with Gasteiger partial charge in [-0.1, -0.05) is 227 Å². The molecule has 4 heterocycles. The van der Waals surface area contributed by atoms with Gasteiger partial charge in [0.25, 0.3) is 0 Å². The first kappa shape index (κ1) is 43.7. The van der Waals surface area contributed by atoms with Crippen LogP contribution in [0.4, 0.5) is 0 Å². The molecule has 288 valence electrons. The maximum absolute atomic E-state index is 3.19. The summed E-state index contributed by atoms with van der Waals surface area (Å²) in [6, 6.07) is 11.0. The predicted molar refractivity (Wildman–Crippen MR) is 253 cm³/mol. The summed E-state index contributed by atoms with van der Waals surface area (Å²) < 4.78 is 0. The third-order valence-corrected chi connectivity index (χ3v) is 299. The van der Waals surface area contributed by atoms with Gasteiger partial charge in [0.2, 0.25) is 0 Å². The molecular weight excluding hydrogens is 729 g/mol. The van der Waals surface area contributed by atoms with Crippen LogP contribution in [0.2, 0.25) is 66.5 Å². The molecule has 8 heteroatoms. The quantitative estimate of drug-likeness (QED) is 0.266. The topological polar surface area (TPSA) is 0 Å². The summed E-state index contributed by atoms with van der Waals surface area (Å²) in [5.74, 6) is 0. The maximum Gasteiger partial charge on any atom is 0.0561 e. The lowest BCUT2D eigenvalue weighted by Crippen LogP contribution is -2.92. The molecule has 1 aromatic rings. The summed E-state index contributed by atoms with van der Waals surface area (Å²) >= 11 is 0. The van der Waals surface area contributed by atoms with E-state index >= 15 is 0 Å². The van der Waals surface area contributed by atoms with Gasteiger partial charge in [-0.2, -0.15) is 0 Å². The van der Waals surface area contributed by atoms with Gasteiger partial charge in [0.1, 0.15) is 0 Å². The normalized spacial score (nSPS) is 29.9. The Morgan fingerprint density at radius 2 is 0.460 bits per heavy atom. The fourth-order valence-corrected chi connectivity index (χ4v) is 715. The molecule has 0 aromatic heterocycles. The molecule has 0 N–H and O–H groups in total. The lowest BCUT2D eigenvalue weighted by molar-refractivity contribution is 0.632. The van der Waals surface area contributed by atoms with Crippen molar-refractivity contribution in [2.75, 3.05) is 0 Å². The van der Waals surface area contributed by atoms with Gasteiger partial charge in [-0.15, -0.1) is 0 Å². The van der Waals surface area contributed by atoms with Crippen molar-refractivity contribution in [1.29, 1.82) is 0 Å². The third-order valence-electron chi connectivity index (χ3n) is 19.4. The molecule has 2 bridgehead atoms. The summed E-state index contributed by atoms with van der Waals surface area (Å²) in [7, 11) is -8.10. The first-order valence-electron chi connectivity index (χ1n) is 20.6. The van der Waals surface area contributed by atoms with Crippen LogP contribution in [0.5, 0.6) is 0 Å². The van der Waals surface area contributed by atoms with Crippen molar-refractivity contribution in [3.05, 3.63) is 24.3 Å². The molecule has 50 heavy (non-hydrogen) atoms. The lowest BCUT2D eigenvalue weighted by atomic mass is 10.2. The number of hydrogen-bond donors (Lipinski definition) is 0. The predicted octanol–water partition coefficient (Wildman–Crippen LogP) is 13.4. The van der Waals surface area contributed by atoms with Crippen LogP contribution in [0, 0.1) is 0 Å². The SMILES string of the molecule is CC(C)(C)[Si](C)(C(C)(C)C)[Si]12c3ccccc3[Si]3([Si](C)(C(C)(C)C)C(C)(C)C)[Si]1([Si](C)(C(C)(C)C)C(C)(C)C)[Si]23[Si](C)(C(C)(C)C)C(C)(C)C. The monoisotopic (exact) mass is 817 g/mol. The summed E-state index contributed by atoms with van der Waals surface area (Å²) in [6.45, 7) is 76.4. The van der Waals surface area contributed by atoms with Crippen molar-refractivity contribution in [3.8, 4) is 0 Å². The highest BCUT2D eigenvalue weighted by molar-refractivity contribution is 8.82. The Hall–Kier alpha value is 0.955. The van der Waals surface area contributed by atoms with Gasteiger partial charge in [-0.3, -0.25) is 0 Å². The van der Waals surface area contributed by atoms with Crippen LogP contribution in [0.1, 0.15) is 166 Å². The molecule has 0 saturated carbocycles. The zero-order chi connectivity index (χ0) is 40.0. The Morgan fingerprint density at radius 3 is 0.600 bits per heavy atom. The van der Waals surface area contributed by atoms with Crippen molar-refractivity contribution in [2.24, 2.45) is 0 Å². The van der Waals surface area contributed by atoms with Gasteiger partial charge >= 0.3 is 0 Å². The van der Waals surface area contributed by atoms with E-state index in [-0.39, 0.29) is 0 Å². The second-order valence-corrected chi connectivity index (χ2v) is 126. The number of rotatable bonds is 4. The van der Waals surface area contributed by atoms with Crippen LogP contribution in [-0.4, -0.2) is 55.9 Å². The van der Waals surface area contributed by atoms with E-state index < -0.39 is 55.9 Å². The Morgan fingerprint density at radius 1 is 0.300 bits per heavy atom. The Bertz CT molecular complexity index is 1360. The first-order valence-corrected chi connectivity index (χ1v) is 47.6. The second-order valence-electron chi connectivity index (χ2n) is 27.0. The molecule has 1 aromatic carbocycles. The molecule has 2 fully saturated rings. The van der Waals surface area contributed by atoms with Crippen molar-refractivity contribution < 1.29 is 0 Å². The van der Waals surface area contributed by atoms with Gasteiger partial charge in [0.05, 0.1) is 28.4 Å². The molecule has 0 radical (unpaired) electrons. The number of hydrogen-bond acceptors (Lipinski definition) is 0. The van der Waals surface area contributed by atoms with E-state index in [0.29, 0.717) is 40.3 Å². The van der Waals surface area contributed by atoms with E-state index in [4.69, 9.17) is 0 Å². The first-order chi connectivity index (χ1) is 21.5. The summed E-state index contributed by atoms with van der Waals surface area (Å²) in [5, 5.41) is 7.45. The van der Waals surface area contributed by atoms with Crippen LogP contribution in [-0.2, 0) is 0 Å². The van der Waals surface area contributed by atoms with Crippen molar-refractivity contribution in [1.82, 2.24) is 0 Å². The van der Waals surface area contributed by atoms with Crippen LogP contribution < -0.4 is 10.4 Å². The Balaban J connectivity index is 2.69. The highest BCUT2D eigenvalue weighted by Crippen LogP contribution is 2.95.